The Balaban J connectivity index is 1.32. The molecule has 37 heavy (non-hydrogen) atoms. The van der Waals surface area contributed by atoms with E-state index in [1.165, 1.54) is 24.3 Å². The fourth-order valence-electron chi connectivity index (χ4n) is 4.79. The molecule has 0 bridgehead atoms. The molecule has 4 nitrogen and oxygen atoms in total. The van der Waals surface area contributed by atoms with Gasteiger partial charge in [-0.05, 0) is 78.1 Å². The van der Waals surface area contributed by atoms with Gasteiger partial charge < -0.3 is 14.7 Å². The van der Waals surface area contributed by atoms with E-state index >= 15 is 0 Å². The van der Waals surface area contributed by atoms with Crippen LogP contribution in [0.4, 0.5) is 14.5 Å². The van der Waals surface area contributed by atoms with E-state index < -0.39 is 6.10 Å². The maximum atomic E-state index is 13.5. The number of nitrogens with zero attached hydrogens (tertiary/aromatic N) is 1. The molecule has 2 unspecified atom stereocenters. The summed E-state index contributed by atoms with van der Waals surface area (Å²) in [5.41, 5.74) is 3.23. The lowest BCUT2D eigenvalue weighted by atomic mass is 9.78. The lowest BCUT2D eigenvalue weighted by Crippen LogP contribution is -2.55. The highest BCUT2D eigenvalue weighted by atomic mass is 19.1. The van der Waals surface area contributed by atoms with E-state index in [9.17, 15) is 18.7 Å². The van der Waals surface area contributed by atoms with Crippen LogP contribution in [0.15, 0.2) is 103 Å². The van der Waals surface area contributed by atoms with Crippen molar-refractivity contribution in [3.8, 4) is 5.75 Å². The molecule has 0 saturated carbocycles. The molecular formula is C31H27F2NO3. The van der Waals surface area contributed by atoms with Crippen molar-refractivity contribution in [3.05, 3.63) is 131 Å². The van der Waals surface area contributed by atoms with Gasteiger partial charge in [-0.15, -0.1) is 0 Å². The molecule has 6 heteroatoms. The fourth-order valence-corrected chi connectivity index (χ4v) is 4.79. The van der Waals surface area contributed by atoms with Crippen molar-refractivity contribution in [2.75, 3.05) is 4.90 Å². The third-order valence-corrected chi connectivity index (χ3v) is 6.79. The number of hydrogen-bond acceptors (Lipinski definition) is 3. The molecule has 3 atom stereocenters. The first-order chi connectivity index (χ1) is 18.0. The molecule has 5 rings (SSSR count). The highest BCUT2D eigenvalue weighted by Crippen LogP contribution is 2.46. The van der Waals surface area contributed by atoms with Crippen LogP contribution in [-0.4, -0.2) is 11.0 Å². The lowest BCUT2D eigenvalue weighted by Gasteiger charge is -2.48. The number of aliphatic hydroxyl groups excluding tert-OH is 1. The van der Waals surface area contributed by atoms with Crippen LogP contribution >= 0.6 is 0 Å². The zero-order valence-electron chi connectivity index (χ0n) is 20.1. The zero-order chi connectivity index (χ0) is 25.8. The maximum Gasteiger partial charge on any atom is 0.233 e. The van der Waals surface area contributed by atoms with Gasteiger partial charge in [0.05, 0.1) is 18.1 Å². The normalized spacial score (nSPS) is 17.8. The minimum absolute atomic E-state index is 0.0766. The summed E-state index contributed by atoms with van der Waals surface area (Å²) < 4.78 is 32.7. The summed E-state index contributed by atoms with van der Waals surface area (Å²) in [5, 5.41) is 10.6. The van der Waals surface area contributed by atoms with E-state index in [1.54, 1.807) is 29.2 Å². The molecule has 4 aromatic carbocycles. The van der Waals surface area contributed by atoms with Gasteiger partial charge in [0.25, 0.3) is 0 Å². The molecular weight excluding hydrogens is 472 g/mol. The zero-order valence-corrected chi connectivity index (χ0v) is 20.1. The van der Waals surface area contributed by atoms with Gasteiger partial charge in [0.2, 0.25) is 5.91 Å². The molecule has 188 valence electrons. The monoisotopic (exact) mass is 499 g/mol. The number of carbonyl (C=O) groups is 1. The number of aliphatic hydroxyl groups is 1. The van der Waals surface area contributed by atoms with Crippen molar-refractivity contribution in [2.24, 2.45) is 5.92 Å². The molecule has 0 aromatic heterocycles. The van der Waals surface area contributed by atoms with Crippen LogP contribution in [0.1, 0.15) is 41.7 Å². The van der Waals surface area contributed by atoms with Crippen molar-refractivity contribution in [1.29, 1.82) is 0 Å². The molecule has 1 amide bonds. The number of rotatable bonds is 9. The van der Waals surface area contributed by atoms with E-state index in [0.29, 0.717) is 30.7 Å². The third-order valence-electron chi connectivity index (χ3n) is 6.79. The Bertz CT molecular complexity index is 1330. The van der Waals surface area contributed by atoms with Gasteiger partial charge in [0.15, 0.2) is 0 Å². The smallest absolute Gasteiger partial charge is 0.233 e. The Morgan fingerprint density at radius 1 is 0.811 bits per heavy atom. The van der Waals surface area contributed by atoms with Crippen LogP contribution in [0.3, 0.4) is 0 Å². The molecule has 0 aliphatic carbocycles. The first kappa shape index (κ1) is 24.7. The van der Waals surface area contributed by atoms with E-state index in [0.717, 1.165) is 16.9 Å². The highest BCUT2D eigenvalue weighted by Gasteiger charge is 2.48. The van der Waals surface area contributed by atoms with Gasteiger partial charge in [-0.25, -0.2) is 8.78 Å². The van der Waals surface area contributed by atoms with Crippen LogP contribution in [-0.2, 0) is 11.4 Å². The SMILES string of the molecule is O=C1C(CC[C@@H](O)c2ccc(F)cc2)C(c2ccc(OCc3ccccc3)cc2)N1c1ccc(F)cc1. The summed E-state index contributed by atoms with van der Waals surface area (Å²) in [6.45, 7) is 0.452. The largest absolute Gasteiger partial charge is 0.489 e. The Morgan fingerprint density at radius 3 is 2.08 bits per heavy atom. The van der Waals surface area contributed by atoms with E-state index in [-0.39, 0.29) is 29.5 Å². The summed E-state index contributed by atoms with van der Waals surface area (Å²) in [7, 11) is 0. The van der Waals surface area contributed by atoms with Gasteiger partial charge in [-0.2, -0.15) is 0 Å². The summed E-state index contributed by atoms with van der Waals surface area (Å²) in [6, 6.07) is 28.9. The quantitative estimate of drug-likeness (QED) is 0.259. The second-order valence-corrected chi connectivity index (χ2v) is 9.22. The van der Waals surface area contributed by atoms with Crippen molar-refractivity contribution in [3.63, 3.8) is 0 Å². The summed E-state index contributed by atoms with van der Waals surface area (Å²) in [5.74, 6) is -0.443. The predicted molar refractivity (Wildman–Crippen MR) is 138 cm³/mol. The summed E-state index contributed by atoms with van der Waals surface area (Å²) >= 11 is 0. The Hall–Kier alpha value is -4.03. The Morgan fingerprint density at radius 2 is 1.43 bits per heavy atom. The second kappa shape index (κ2) is 10.9. The van der Waals surface area contributed by atoms with Crippen LogP contribution in [0.2, 0.25) is 0 Å². The van der Waals surface area contributed by atoms with Gasteiger partial charge >= 0.3 is 0 Å². The average molecular weight is 500 g/mol. The Kier molecular flexibility index (Phi) is 7.28. The molecule has 0 spiro atoms. The number of amides is 1. The second-order valence-electron chi connectivity index (χ2n) is 9.22. The summed E-state index contributed by atoms with van der Waals surface area (Å²) in [4.78, 5) is 14.9. The number of benzene rings is 4. The molecule has 0 radical (unpaired) electrons. The van der Waals surface area contributed by atoms with Gasteiger partial charge in [-0.3, -0.25) is 4.79 Å². The summed E-state index contributed by atoms with van der Waals surface area (Å²) in [6.07, 6.45) is 0.00255. The highest BCUT2D eigenvalue weighted by molar-refractivity contribution is 6.03. The Labute approximate surface area is 214 Å². The molecule has 1 heterocycles. The minimum atomic E-state index is -0.803. The van der Waals surface area contributed by atoms with Gasteiger partial charge in [0, 0.05) is 5.69 Å². The molecule has 1 N–H and O–H groups in total. The number of ether oxygens (including phenoxy) is 1. The van der Waals surface area contributed by atoms with E-state index in [4.69, 9.17) is 4.74 Å². The predicted octanol–water partition coefficient (Wildman–Crippen LogP) is 6.76. The molecule has 1 saturated heterocycles. The van der Waals surface area contributed by atoms with Crippen LogP contribution in [0.25, 0.3) is 0 Å². The molecule has 1 aliphatic rings. The van der Waals surface area contributed by atoms with Crippen LogP contribution < -0.4 is 9.64 Å². The lowest BCUT2D eigenvalue weighted by molar-refractivity contribution is -0.131. The topological polar surface area (TPSA) is 49.8 Å². The fraction of sp³-hybridized carbons (Fsp3) is 0.194. The standard InChI is InChI=1S/C31H27F2NO3/c32-24-10-6-22(7-11-24)29(35)19-18-28-30(34(31(28)36)26-14-12-25(33)13-15-26)23-8-16-27(17-9-23)37-20-21-4-2-1-3-5-21/h1-17,28-30,35H,18-20H2/t28?,29-,30?/m1/s1. The van der Waals surface area contributed by atoms with E-state index in [1.807, 2.05) is 54.6 Å². The average Bonchev–Trinajstić information content (AvgIpc) is 2.93. The maximum absolute atomic E-state index is 13.5. The van der Waals surface area contributed by atoms with Crippen molar-refractivity contribution >= 4 is 11.6 Å². The van der Waals surface area contributed by atoms with Crippen LogP contribution in [0.5, 0.6) is 5.75 Å². The number of carbonyl (C=O) groups excluding carboxylic acids is 1. The van der Waals surface area contributed by atoms with Crippen molar-refractivity contribution in [2.45, 2.75) is 31.6 Å². The third kappa shape index (κ3) is 5.54. The molecule has 1 aliphatic heterocycles. The first-order valence-corrected chi connectivity index (χ1v) is 12.3. The molecule has 4 aromatic rings. The van der Waals surface area contributed by atoms with Gasteiger partial charge in [-0.1, -0.05) is 54.6 Å². The van der Waals surface area contributed by atoms with Gasteiger partial charge in [0.1, 0.15) is 24.0 Å². The number of β-lactam (4-membered cyclic amide) rings is 1. The number of halogens is 2. The molecule has 1 fully saturated rings. The first-order valence-electron chi connectivity index (χ1n) is 12.3. The number of hydrogen-bond donors (Lipinski definition) is 1. The van der Waals surface area contributed by atoms with Crippen molar-refractivity contribution < 1.29 is 23.4 Å². The van der Waals surface area contributed by atoms with Crippen molar-refractivity contribution in [1.82, 2.24) is 0 Å². The number of anilines is 1. The minimum Gasteiger partial charge on any atom is -0.489 e. The van der Waals surface area contributed by atoms with E-state index in [2.05, 4.69) is 0 Å². The van der Waals surface area contributed by atoms with Crippen LogP contribution in [0, 0.1) is 17.6 Å².